The van der Waals surface area contributed by atoms with Crippen molar-refractivity contribution in [1.29, 1.82) is 0 Å². The molecule has 0 rings (SSSR count). The van der Waals surface area contributed by atoms with Crippen LogP contribution in [0.5, 0.6) is 0 Å². The standard InChI is InChI=1S/C19H38O2.Sn/c1-3-5-7-9-11-13-15-18(17-19(20)21)16-14-12-10-8-6-4-2;/h18H,3-17H2,1-2H3,(H,20,21);/q;+1/p-1. The second kappa shape index (κ2) is 17.6. The van der Waals surface area contributed by atoms with Crippen LogP contribution in [0.3, 0.4) is 0 Å². The van der Waals surface area contributed by atoms with Gasteiger partial charge < -0.3 is 0 Å². The van der Waals surface area contributed by atoms with Gasteiger partial charge in [0.05, 0.1) is 0 Å². The Labute approximate surface area is 152 Å². The van der Waals surface area contributed by atoms with Crippen LogP contribution >= 0.6 is 0 Å². The Balaban J connectivity index is 3.77. The van der Waals surface area contributed by atoms with Crippen molar-refractivity contribution in [2.75, 3.05) is 0 Å². The summed E-state index contributed by atoms with van der Waals surface area (Å²) in [5.74, 6) is 0.575. The number of carbonyl (C=O) groups excluding carboxylic acids is 1. The molecule has 0 amide bonds. The minimum atomic E-state index is 0.0140. The van der Waals surface area contributed by atoms with Crippen molar-refractivity contribution in [3.63, 3.8) is 0 Å². The van der Waals surface area contributed by atoms with E-state index in [1.54, 1.807) is 0 Å². The Hall–Kier alpha value is 0.269. The molecule has 0 N–H and O–H groups in total. The van der Waals surface area contributed by atoms with Gasteiger partial charge in [-0.1, -0.05) is 0 Å². The summed E-state index contributed by atoms with van der Waals surface area (Å²) in [6.45, 7) is 4.52. The second-order valence-corrected chi connectivity index (χ2v) is 7.24. The fourth-order valence-electron chi connectivity index (χ4n) is 3.05. The fraction of sp³-hybridized carbons (Fsp3) is 0.947. The van der Waals surface area contributed by atoms with Gasteiger partial charge in [-0.2, -0.15) is 0 Å². The molecule has 0 aromatic carbocycles. The Morgan fingerprint density at radius 1 is 0.773 bits per heavy atom. The van der Waals surface area contributed by atoms with Gasteiger partial charge in [-0.15, -0.1) is 0 Å². The first kappa shape index (κ1) is 22.3. The van der Waals surface area contributed by atoms with Gasteiger partial charge in [-0.05, 0) is 0 Å². The van der Waals surface area contributed by atoms with Crippen molar-refractivity contribution < 1.29 is 7.87 Å². The zero-order valence-corrected chi connectivity index (χ0v) is 17.9. The molecule has 129 valence electrons. The molecule has 3 radical (unpaired) electrons. The molecule has 0 aromatic rings. The van der Waals surface area contributed by atoms with Crippen molar-refractivity contribution in [2.24, 2.45) is 5.92 Å². The maximum atomic E-state index is 11.6. The summed E-state index contributed by atoms with van der Waals surface area (Å²) in [6.07, 6.45) is 19.1. The predicted octanol–water partition coefficient (Wildman–Crippen LogP) is 6.12. The molecule has 0 aliphatic rings. The van der Waals surface area contributed by atoms with E-state index in [9.17, 15) is 4.79 Å². The third-order valence-electron chi connectivity index (χ3n) is 4.50. The van der Waals surface area contributed by atoms with E-state index >= 15 is 0 Å². The van der Waals surface area contributed by atoms with Gasteiger partial charge in [-0.3, -0.25) is 0 Å². The number of hydrogen-bond donors (Lipinski definition) is 0. The van der Waals surface area contributed by atoms with E-state index in [1.807, 2.05) is 0 Å². The quantitative estimate of drug-likeness (QED) is 0.224. The Bertz CT molecular complexity index is 228. The summed E-state index contributed by atoms with van der Waals surface area (Å²) in [5, 5.41) is 0. The molecule has 22 heavy (non-hydrogen) atoms. The second-order valence-electron chi connectivity index (χ2n) is 6.66. The van der Waals surface area contributed by atoms with E-state index in [4.69, 9.17) is 3.07 Å². The van der Waals surface area contributed by atoms with E-state index in [0.717, 1.165) is 22.9 Å². The van der Waals surface area contributed by atoms with Crippen molar-refractivity contribution >= 4 is 28.9 Å². The molecule has 0 saturated carbocycles. The zero-order valence-electron chi connectivity index (χ0n) is 15.0. The van der Waals surface area contributed by atoms with Crippen LogP contribution in [0.1, 0.15) is 110 Å². The van der Waals surface area contributed by atoms with E-state index in [2.05, 4.69) is 13.8 Å². The molecule has 3 heteroatoms. The average molecular weight is 416 g/mol. The summed E-state index contributed by atoms with van der Waals surface area (Å²) >= 11 is 0.882. The summed E-state index contributed by atoms with van der Waals surface area (Å²) in [5.41, 5.74) is 0. The predicted molar refractivity (Wildman–Crippen MR) is 95.9 cm³/mol. The summed E-state index contributed by atoms with van der Waals surface area (Å²) in [6, 6.07) is 0. The molecular weight excluding hydrogens is 379 g/mol. The summed E-state index contributed by atoms with van der Waals surface area (Å²) < 4.78 is 4.95. The van der Waals surface area contributed by atoms with Crippen LogP contribution in [0.2, 0.25) is 0 Å². The minimum absolute atomic E-state index is 0.0140. The van der Waals surface area contributed by atoms with Crippen LogP contribution in [-0.2, 0) is 7.87 Å². The Kier molecular flexibility index (Phi) is 17.8. The molecule has 0 aliphatic carbocycles. The first-order valence-electron chi connectivity index (χ1n) is 9.60. The van der Waals surface area contributed by atoms with E-state index in [-0.39, 0.29) is 5.97 Å². The summed E-state index contributed by atoms with van der Waals surface area (Å²) in [4.78, 5) is 11.6. The first-order chi connectivity index (χ1) is 10.7. The van der Waals surface area contributed by atoms with Crippen molar-refractivity contribution in [1.82, 2.24) is 0 Å². The van der Waals surface area contributed by atoms with Gasteiger partial charge in [-0.25, -0.2) is 0 Å². The van der Waals surface area contributed by atoms with E-state index < -0.39 is 0 Å². The molecule has 0 saturated heterocycles. The monoisotopic (exact) mass is 417 g/mol. The normalized spacial score (nSPS) is 11.1. The third-order valence-corrected chi connectivity index (χ3v) is 5.15. The first-order valence-corrected chi connectivity index (χ1v) is 10.8. The van der Waals surface area contributed by atoms with E-state index in [1.165, 1.54) is 89.9 Å². The molecule has 0 aliphatic heterocycles. The Morgan fingerprint density at radius 2 is 1.18 bits per heavy atom. The molecule has 0 aromatic heterocycles. The maximum absolute atomic E-state index is 11.6. The number of carbonyl (C=O) groups is 1. The summed E-state index contributed by atoms with van der Waals surface area (Å²) in [7, 11) is 0. The van der Waals surface area contributed by atoms with Crippen molar-refractivity contribution in [3.8, 4) is 0 Å². The van der Waals surface area contributed by atoms with Gasteiger partial charge in [0.2, 0.25) is 0 Å². The SMILES string of the molecule is CCCCCCCCC(CCCCCCCC)CC(=O)[O][Sn]. The van der Waals surface area contributed by atoms with Crippen LogP contribution in [-0.4, -0.2) is 28.9 Å². The van der Waals surface area contributed by atoms with Gasteiger partial charge >= 0.3 is 153 Å². The van der Waals surface area contributed by atoms with Gasteiger partial charge in [0.25, 0.3) is 0 Å². The van der Waals surface area contributed by atoms with Gasteiger partial charge in [0.15, 0.2) is 0 Å². The molecule has 0 atom stereocenters. The fourth-order valence-corrected chi connectivity index (χ4v) is 3.29. The molecule has 0 heterocycles. The number of hydrogen-bond acceptors (Lipinski definition) is 2. The third kappa shape index (κ3) is 15.2. The molecule has 0 bridgehead atoms. The Morgan fingerprint density at radius 3 is 1.59 bits per heavy atom. The van der Waals surface area contributed by atoms with Crippen LogP contribution in [0.15, 0.2) is 0 Å². The van der Waals surface area contributed by atoms with Crippen molar-refractivity contribution in [3.05, 3.63) is 0 Å². The molecule has 0 fully saturated rings. The van der Waals surface area contributed by atoms with Gasteiger partial charge in [0, 0.05) is 0 Å². The van der Waals surface area contributed by atoms with Crippen molar-refractivity contribution in [2.45, 2.75) is 110 Å². The average Bonchev–Trinajstić information content (AvgIpc) is 2.53. The topological polar surface area (TPSA) is 26.3 Å². The zero-order chi connectivity index (χ0) is 16.5. The van der Waals surface area contributed by atoms with Gasteiger partial charge in [0.1, 0.15) is 0 Å². The van der Waals surface area contributed by atoms with E-state index in [0.29, 0.717) is 12.3 Å². The van der Waals surface area contributed by atoms with Crippen LogP contribution in [0.4, 0.5) is 0 Å². The van der Waals surface area contributed by atoms with Crippen LogP contribution in [0, 0.1) is 5.92 Å². The molecule has 2 nitrogen and oxygen atoms in total. The molecule has 0 unspecified atom stereocenters. The van der Waals surface area contributed by atoms with Crippen LogP contribution < -0.4 is 0 Å². The molecular formula is C19H37O2Sn. The van der Waals surface area contributed by atoms with Crippen LogP contribution in [0.25, 0.3) is 0 Å². The molecule has 0 spiro atoms. The number of unbranched alkanes of at least 4 members (excludes halogenated alkanes) is 10. The number of rotatable bonds is 16.